The summed E-state index contributed by atoms with van der Waals surface area (Å²) in [6.07, 6.45) is 3.52. The molecule has 2 aromatic heterocycles. The zero-order chi connectivity index (χ0) is 31.0. The van der Waals surface area contributed by atoms with Crippen molar-refractivity contribution >= 4 is 69.2 Å². The predicted octanol–water partition coefficient (Wildman–Crippen LogP) is 8.11. The Balaban J connectivity index is 1.21. The molecule has 1 atom stereocenters. The zero-order valence-corrected chi connectivity index (χ0v) is 25.5. The Hall–Kier alpha value is -5.38. The molecule has 0 spiro atoms. The molecule has 0 saturated heterocycles. The van der Waals surface area contributed by atoms with Crippen molar-refractivity contribution in [3.63, 3.8) is 0 Å². The fraction of sp³-hybridized carbons (Fsp3) is 0.0278. The Labute approximate surface area is 268 Å². The molecular weight excluding hydrogens is 601 g/mol. The maximum atomic E-state index is 13.7. The number of carbonyl (C=O) groups excluding carboxylic acids is 3. The van der Waals surface area contributed by atoms with Gasteiger partial charge in [-0.3, -0.25) is 14.4 Å². The summed E-state index contributed by atoms with van der Waals surface area (Å²) in [5, 5.41) is 11.1. The van der Waals surface area contributed by atoms with Crippen molar-refractivity contribution in [2.45, 2.75) is 10.1 Å². The number of thioether (sulfide) groups is 1. The van der Waals surface area contributed by atoms with Gasteiger partial charge in [-0.2, -0.15) is 0 Å². The van der Waals surface area contributed by atoms with E-state index in [1.165, 1.54) is 23.1 Å². The van der Waals surface area contributed by atoms with Crippen molar-refractivity contribution < 1.29 is 14.4 Å². The van der Waals surface area contributed by atoms with Crippen LogP contribution in [0.2, 0.25) is 0 Å². The number of aromatic amines is 1. The van der Waals surface area contributed by atoms with Crippen LogP contribution in [0.4, 0.5) is 11.4 Å². The second-order valence-corrected chi connectivity index (χ2v) is 12.2. The first-order chi connectivity index (χ1) is 22.0. The normalized spacial score (nSPS) is 12.0. The van der Waals surface area contributed by atoms with Crippen molar-refractivity contribution in [2.24, 2.45) is 0 Å². The molecular formula is C36H28N4O3S2. The van der Waals surface area contributed by atoms with E-state index in [0.717, 1.165) is 26.2 Å². The smallest absolute Gasteiger partial charge is 0.272 e. The Morgan fingerprint density at radius 3 is 2.31 bits per heavy atom. The molecule has 6 rings (SSSR count). The molecule has 1 unspecified atom stereocenters. The van der Waals surface area contributed by atoms with E-state index in [1.54, 1.807) is 36.4 Å². The van der Waals surface area contributed by atoms with Crippen LogP contribution >= 0.6 is 23.1 Å². The van der Waals surface area contributed by atoms with E-state index < -0.39 is 11.2 Å². The van der Waals surface area contributed by atoms with Crippen molar-refractivity contribution in [2.75, 3.05) is 10.6 Å². The van der Waals surface area contributed by atoms with Gasteiger partial charge in [0.15, 0.2) is 0 Å². The topological polar surface area (TPSA) is 103 Å². The van der Waals surface area contributed by atoms with Crippen LogP contribution in [0.3, 0.4) is 0 Å². The van der Waals surface area contributed by atoms with Gasteiger partial charge in [-0.1, -0.05) is 66.7 Å². The molecule has 222 valence electrons. The highest BCUT2D eigenvalue weighted by molar-refractivity contribution is 8.00. The molecule has 6 aromatic rings. The minimum Gasteiger partial charge on any atom is -0.361 e. The van der Waals surface area contributed by atoms with Gasteiger partial charge in [-0.15, -0.1) is 23.1 Å². The summed E-state index contributed by atoms with van der Waals surface area (Å²) in [6.45, 7) is 0. The molecule has 9 heteroatoms. The molecule has 4 aromatic carbocycles. The summed E-state index contributed by atoms with van der Waals surface area (Å²) in [4.78, 5) is 44.9. The fourth-order valence-electron chi connectivity index (χ4n) is 4.67. The van der Waals surface area contributed by atoms with E-state index in [1.807, 2.05) is 103 Å². The van der Waals surface area contributed by atoms with Gasteiger partial charge in [0.25, 0.3) is 11.8 Å². The largest absolute Gasteiger partial charge is 0.361 e. The second kappa shape index (κ2) is 13.9. The lowest BCUT2D eigenvalue weighted by molar-refractivity contribution is -0.116. The van der Waals surface area contributed by atoms with Gasteiger partial charge in [0.2, 0.25) is 5.91 Å². The average molecular weight is 629 g/mol. The van der Waals surface area contributed by atoms with E-state index in [9.17, 15) is 14.4 Å². The van der Waals surface area contributed by atoms with Crippen LogP contribution < -0.4 is 16.0 Å². The number of rotatable bonds is 10. The van der Waals surface area contributed by atoms with Gasteiger partial charge in [0, 0.05) is 38.4 Å². The number of hydrogen-bond acceptors (Lipinski definition) is 5. The third-order valence-electron chi connectivity index (χ3n) is 6.87. The van der Waals surface area contributed by atoms with Gasteiger partial charge in [0.05, 0.1) is 0 Å². The van der Waals surface area contributed by atoms with Gasteiger partial charge in [-0.05, 0) is 77.0 Å². The summed E-state index contributed by atoms with van der Waals surface area (Å²) in [7, 11) is 0. The third-order valence-corrected chi connectivity index (χ3v) is 8.93. The first kappa shape index (κ1) is 29.7. The summed E-state index contributed by atoms with van der Waals surface area (Å²) >= 11 is 2.84. The lowest BCUT2D eigenvalue weighted by Crippen LogP contribution is -2.30. The molecule has 0 aliphatic carbocycles. The van der Waals surface area contributed by atoms with Crippen LogP contribution in [-0.2, 0) is 9.59 Å². The molecule has 0 aliphatic rings. The molecule has 0 bridgehead atoms. The van der Waals surface area contributed by atoms with Crippen molar-refractivity contribution in [3.05, 3.63) is 155 Å². The van der Waals surface area contributed by atoms with Crippen molar-refractivity contribution in [1.29, 1.82) is 0 Å². The van der Waals surface area contributed by atoms with Gasteiger partial charge in [0.1, 0.15) is 10.9 Å². The average Bonchev–Trinajstić information content (AvgIpc) is 3.76. The molecule has 7 nitrogen and oxygen atoms in total. The monoisotopic (exact) mass is 628 g/mol. The lowest BCUT2D eigenvalue weighted by atomic mass is 10.1. The van der Waals surface area contributed by atoms with Crippen LogP contribution in [0.5, 0.6) is 0 Å². The highest BCUT2D eigenvalue weighted by atomic mass is 32.2. The van der Waals surface area contributed by atoms with Crippen LogP contribution in [0, 0.1) is 0 Å². The lowest BCUT2D eigenvalue weighted by Gasteiger charge is -2.18. The van der Waals surface area contributed by atoms with Gasteiger partial charge < -0.3 is 20.9 Å². The van der Waals surface area contributed by atoms with Crippen molar-refractivity contribution in [3.8, 4) is 0 Å². The maximum Gasteiger partial charge on any atom is 0.272 e. The minimum atomic E-state index is -0.559. The fourth-order valence-corrected chi connectivity index (χ4v) is 6.41. The van der Waals surface area contributed by atoms with Crippen LogP contribution in [0.1, 0.15) is 26.0 Å². The summed E-state index contributed by atoms with van der Waals surface area (Å²) in [5.41, 5.74) is 3.57. The summed E-state index contributed by atoms with van der Waals surface area (Å²) in [5.74, 6) is -1.02. The minimum absolute atomic E-state index is 0.116. The quantitative estimate of drug-likeness (QED) is 0.0909. The molecule has 45 heavy (non-hydrogen) atoms. The third kappa shape index (κ3) is 7.59. The number of amides is 3. The van der Waals surface area contributed by atoms with E-state index in [0.29, 0.717) is 16.9 Å². The number of thiophene rings is 1. The predicted molar refractivity (Wildman–Crippen MR) is 183 cm³/mol. The van der Waals surface area contributed by atoms with Gasteiger partial charge >= 0.3 is 0 Å². The maximum absolute atomic E-state index is 13.7. The Morgan fingerprint density at radius 2 is 1.53 bits per heavy atom. The first-order valence-corrected chi connectivity index (χ1v) is 15.9. The van der Waals surface area contributed by atoms with E-state index >= 15 is 0 Å². The van der Waals surface area contributed by atoms with E-state index in [4.69, 9.17) is 0 Å². The van der Waals surface area contributed by atoms with Crippen molar-refractivity contribution in [1.82, 2.24) is 10.3 Å². The van der Waals surface area contributed by atoms with Crippen LogP contribution in [0.15, 0.2) is 143 Å². The first-order valence-electron chi connectivity index (χ1n) is 14.1. The second-order valence-electron chi connectivity index (χ2n) is 10.1. The molecule has 0 radical (unpaired) electrons. The number of hydrogen-bond donors (Lipinski definition) is 4. The number of aromatic nitrogens is 1. The standard InChI is InChI=1S/C36H28N4O3S2/c41-34(26-11-5-2-6-12-26)40-32(23-29-15-8-20-44-29)35(42)38-27-13-7-14-30(21-27)45-33(25-9-3-1-4-10-25)36(43)39-28-17-16-24-18-19-37-31(24)22-28/h1-23,33,37H,(H,38,42)(H,39,43)(H,40,41)/b32-23-. The molecule has 0 fully saturated rings. The number of carbonyl (C=O) groups is 3. The SMILES string of the molecule is O=C(Nc1cccc(SC(C(=O)Nc2ccc3cc[nH]c3c2)c2ccccc2)c1)/C(=C/c1cccs1)NC(=O)c1ccccc1. The Morgan fingerprint density at radius 1 is 0.756 bits per heavy atom. The van der Waals surface area contributed by atoms with Crippen LogP contribution in [0.25, 0.3) is 17.0 Å². The molecule has 4 N–H and O–H groups in total. The summed E-state index contributed by atoms with van der Waals surface area (Å²) < 4.78 is 0. The zero-order valence-electron chi connectivity index (χ0n) is 23.9. The number of anilines is 2. The highest BCUT2D eigenvalue weighted by Gasteiger charge is 2.23. The van der Waals surface area contributed by atoms with E-state index in [2.05, 4.69) is 20.9 Å². The Bertz CT molecular complexity index is 1970. The number of benzene rings is 4. The number of fused-ring (bicyclic) bond motifs is 1. The number of H-pyrrole nitrogens is 1. The molecule has 0 saturated carbocycles. The molecule has 0 aliphatic heterocycles. The molecule has 3 amide bonds. The van der Waals surface area contributed by atoms with Crippen LogP contribution in [-0.4, -0.2) is 22.7 Å². The Kier molecular flexibility index (Phi) is 9.19. The van der Waals surface area contributed by atoms with E-state index in [-0.39, 0.29) is 17.5 Å². The highest BCUT2D eigenvalue weighted by Crippen LogP contribution is 2.37. The molecule has 2 heterocycles. The van der Waals surface area contributed by atoms with Gasteiger partial charge in [-0.25, -0.2) is 0 Å². The number of nitrogens with one attached hydrogen (secondary N) is 4. The summed E-state index contributed by atoms with van der Waals surface area (Å²) in [6, 6.07) is 37.1.